The van der Waals surface area contributed by atoms with Crippen LogP contribution in [0.25, 0.3) is 0 Å². The van der Waals surface area contributed by atoms with Crippen molar-refractivity contribution in [2.24, 2.45) is 0 Å². The Kier molecular flexibility index (Phi) is 4.64. The van der Waals surface area contributed by atoms with E-state index < -0.39 is 0 Å². The normalized spacial score (nSPS) is 14.7. The molecule has 1 aliphatic rings. The molecule has 0 radical (unpaired) electrons. The van der Waals surface area contributed by atoms with E-state index >= 15 is 0 Å². The summed E-state index contributed by atoms with van der Waals surface area (Å²) in [7, 11) is 0. The van der Waals surface area contributed by atoms with Gasteiger partial charge in [-0.05, 0) is 18.4 Å². The van der Waals surface area contributed by atoms with Crippen molar-refractivity contribution in [3.8, 4) is 0 Å². The summed E-state index contributed by atoms with van der Waals surface area (Å²) in [6.07, 6.45) is 1.08. The number of carbonyl (C=O) groups excluding carboxylic acids is 1. The number of nitro benzene ring substituents is 1. The van der Waals surface area contributed by atoms with Gasteiger partial charge in [0.05, 0.1) is 11.0 Å². The molecule has 132 valence electrons. The van der Waals surface area contributed by atoms with Gasteiger partial charge in [0.25, 0.3) is 5.69 Å². The second-order valence-corrected chi connectivity index (χ2v) is 5.93. The van der Waals surface area contributed by atoms with Crippen LogP contribution in [0.1, 0.15) is 42.2 Å². The van der Waals surface area contributed by atoms with Crippen molar-refractivity contribution in [3.05, 3.63) is 51.2 Å². The number of nitro groups is 1. The number of benzene rings is 1. The van der Waals surface area contributed by atoms with Gasteiger partial charge in [-0.3, -0.25) is 10.1 Å². The summed E-state index contributed by atoms with van der Waals surface area (Å²) in [6.45, 7) is 4.38. The molecule has 0 saturated carbocycles. The van der Waals surface area contributed by atoms with Crippen molar-refractivity contribution in [1.82, 2.24) is 20.4 Å². The molecule has 0 spiro atoms. The molecule has 3 rings (SSSR count). The molecule has 0 bridgehead atoms. The van der Waals surface area contributed by atoms with E-state index in [9.17, 15) is 14.9 Å². The van der Waals surface area contributed by atoms with Gasteiger partial charge in [0.15, 0.2) is 5.82 Å². The SMILES string of the molecule is CCC(NC(=O)N1CCc2c(cccc2[N+](=O)[O-])C1)c1noc(C)n1. The number of aryl methyl sites for hydroxylation is 1. The van der Waals surface area contributed by atoms with Crippen LogP contribution < -0.4 is 5.32 Å². The van der Waals surface area contributed by atoms with Gasteiger partial charge in [-0.2, -0.15) is 4.98 Å². The van der Waals surface area contributed by atoms with Crippen LogP contribution in [-0.2, 0) is 13.0 Å². The van der Waals surface area contributed by atoms with Crippen LogP contribution in [0.3, 0.4) is 0 Å². The quantitative estimate of drug-likeness (QED) is 0.672. The molecule has 2 heterocycles. The van der Waals surface area contributed by atoms with Gasteiger partial charge in [-0.15, -0.1) is 0 Å². The average Bonchev–Trinajstić information content (AvgIpc) is 3.04. The first-order valence-corrected chi connectivity index (χ1v) is 8.10. The van der Waals surface area contributed by atoms with E-state index in [1.165, 1.54) is 6.07 Å². The fraction of sp³-hybridized carbons (Fsp3) is 0.438. The molecule has 1 atom stereocenters. The molecule has 1 unspecified atom stereocenters. The molecule has 1 aromatic carbocycles. The lowest BCUT2D eigenvalue weighted by molar-refractivity contribution is -0.385. The highest BCUT2D eigenvalue weighted by atomic mass is 16.6. The van der Waals surface area contributed by atoms with Gasteiger partial charge >= 0.3 is 6.03 Å². The fourth-order valence-corrected chi connectivity index (χ4v) is 2.98. The lowest BCUT2D eigenvalue weighted by Gasteiger charge is -2.29. The molecule has 1 N–H and O–H groups in total. The molecule has 0 fully saturated rings. The van der Waals surface area contributed by atoms with Crippen LogP contribution in [0.2, 0.25) is 0 Å². The number of rotatable bonds is 4. The number of aromatic nitrogens is 2. The van der Waals surface area contributed by atoms with Crippen molar-refractivity contribution in [2.45, 2.75) is 39.3 Å². The van der Waals surface area contributed by atoms with Crippen molar-refractivity contribution < 1.29 is 14.2 Å². The van der Waals surface area contributed by atoms with Crippen LogP contribution in [-0.4, -0.2) is 32.5 Å². The van der Waals surface area contributed by atoms with E-state index in [0.29, 0.717) is 43.2 Å². The van der Waals surface area contributed by atoms with Gasteiger partial charge in [0.1, 0.15) is 0 Å². The number of urea groups is 1. The highest BCUT2D eigenvalue weighted by Gasteiger charge is 2.28. The highest BCUT2D eigenvalue weighted by Crippen LogP contribution is 2.28. The summed E-state index contributed by atoms with van der Waals surface area (Å²) in [4.78, 5) is 29.1. The smallest absolute Gasteiger partial charge is 0.318 e. The van der Waals surface area contributed by atoms with E-state index in [0.717, 1.165) is 5.56 Å². The number of carbonyl (C=O) groups is 1. The molecule has 2 amide bonds. The van der Waals surface area contributed by atoms with Crippen LogP contribution in [0.15, 0.2) is 22.7 Å². The lowest BCUT2D eigenvalue weighted by atomic mass is 9.98. The van der Waals surface area contributed by atoms with Gasteiger partial charge in [0, 0.05) is 31.6 Å². The maximum atomic E-state index is 12.6. The first kappa shape index (κ1) is 16.9. The van der Waals surface area contributed by atoms with Gasteiger partial charge in [-0.1, -0.05) is 24.2 Å². The van der Waals surface area contributed by atoms with Crippen molar-refractivity contribution in [3.63, 3.8) is 0 Å². The number of hydrogen-bond acceptors (Lipinski definition) is 6. The number of nitrogens with one attached hydrogen (secondary N) is 1. The Balaban J connectivity index is 1.72. The predicted molar refractivity (Wildman–Crippen MR) is 87.8 cm³/mol. The number of nitrogens with zero attached hydrogens (tertiary/aromatic N) is 4. The molecule has 0 saturated heterocycles. The molecule has 9 heteroatoms. The number of amides is 2. The maximum Gasteiger partial charge on any atom is 0.318 e. The Morgan fingerprint density at radius 1 is 1.52 bits per heavy atom. The Morgan fingerprint density at radius 2 is 2.32 bits per heavy atom. The minimum Gasteiger partial charge on any atom is -0.340 e. The van der Waals surface area contributed by atoms with Crippen molar-refractivity contribution in [1.29, 1.82) is 0 Å². The van der Waals surface area contributed by atoms with Crippen molar-refractivity contribution in [2.75, 3.05) is 6.54 Å². The van der Waals surface area contributed by atoms with E-state index in [1.807, 2.05) is 13.0 Å². The van der Waals surface area contributed by atoms with E-state index in [4.69, 9.17) is 4.52 Å². The Labute approximate surface area is 144 Å². The largest absolute Gasteiger partial charge is 0.340 e. The fourth-order valence-electron chi connectivity index (χ4n) is 2.98. The van der Waals surface area contributed by atoms with Crippen LogP contribution in [0, 0.1) is 17.0 Å². The summed E-state index contributed by atoms with van der Waals surface area (Å²) >= 11 is 0. The molecular formula is C16H19N5O4. The summed E-state index contributed by atoms with van der Waals surface area (Å²) in [5.74, 6) is 0.892. The van der Waals surface area contributed by atoms with Crippen LogP contribution in [0.5, 0.6) is 0 Å². The third kappa shape index (κ3) is 3.44. The topological polar surface area (TPSA) is 114 Å². The van der Waals surface area contributed by atoms with Gasteiger partial charge in [-0.25, -0.2) is 4.79 Å². The number of fused-ring (bicyclic) bond motifs is 1. The van der Waals surface area contributed by atoms with Crippen LogP contribution in [0.4, 0.5) is 10.5 Å². The molecule has 25 heavy (non-hydrogen) atoms. The summed E-state index contributed by atoms with van der Waals surface area (Å²) < 4.78 is 4.97. The highest BCUT2D eigenvalue weighted by molar-refractivity contribution is 5.75. The third-order valence-corrected chi connectivity index (χ3v) is 4.29. The first-order chi connectivity index (χ1) is 12.0. The van der Waals surface area contributed by atoms with Crippen molar-refractivity contribution >= 4 is 11.7 Å². The summed E-state index contributed by atoms with van der Waals surface area (Å²) in [5.41, 5.74) is 1.63. The molecule has 0 aliphatic carbocycles. The Morgan fingerprint density at radius 3 is 2.96 bits per heavy atom. The third-order valence-electron chi connectivity index (χ3n) is 4.29. The second kappa shape index (κ2) is 6.88. The standard InChI is InChI=1S/C16H19N5O4/c1-3-13(15-17-10(2)25-19-15)18-16(22)20-8-7-12-11(9-20)5-4-6-14(12)21(23)24/h4-6,13H,3,7-9H2,1-2H3,(H,18,22). The number of hydrogen-bond donors (Lipinski definition) is 1. The average molecular weight is 345 g/mol. The summed E-state index contributed by atoms with van der Waals surface area (Å²) in [6, 6.07) is 4.39. The molecule has 1 aromatic heterocycles. The molecule has 9 nitrogen and oxygen atoms in total. The Bertz CT molecular complexity index is 804. The zero-order chi connectivity index (χ0) is 18.0. The molecule has 2 aromatic rings. The van der Waals surface area contributed by atoms with Gasteiger partial charge in [0.2, 0.25) is 5.89 Å². The molecule has 1 aliphatic heterocycles. The summed E-state index contributed by atoms with van der Waals surface area (Å²) in [5, 5.41) is 17.9. The van der Waals surface area contributed by atoms with E-state index in [-0.39, 0.29) is 22.7 Å². The monoisotopic (exact) mass is 345 g/mol. The first-order valence-electron chi connectivity index (χ1n) is 8.10. The van der Waals surface area contributed by atoms with E-state index in [2.05, 4.69) is 15.5 Å². The Hall–Kier alpha value is -2.97. The maximum absolute atomic E-state index is 12.6. The predicted octanol–water partition coefficient (Wildman–Crippen LogP) is 2.51. The van der Waals surface area contributed by atoms with E-state index in [1.54, 1.807) is 17.9 Å². The second-order valence-electron chi connectivity index (χ2n) is 5.93. The minimum absolute atomic E-state index is 0.117. The van der Waals surface area contributed by atoms with Crippen LogP contribution >= 0.6 is 0 Å². The molecular weight excluding hydrogens is 326 g/mol. The zero-order valence-electron chi connectivity index (χ0n) is 14.1. The lowest BCUT2D eigenvalue weighted by Crippen LogP contribution is -2.44. The minimum atomic E-state index is -0.375. The van der Waals surface area contributed by atoms with Gasteiger partial charge < -0.3 is 14.7 Å². The zero-order valence-corrected chi connectivity index (χ0v) is 14.1.